The van der Waals surface area contributed by atoms with Crippen molar-refractivity contribution in [1.82, 2.24) is 0 Å². The molecule has 0 aliphatic rings. The fourth-order valence-corrected chi connectivity index (χ4v) is 5.50. The largest absolute Gasteiger partial charge is 0.294 e. The third-order valence-corrected chi connectivity index (χ3v) is 7.47. The Morgan fingerprint density at radius 3 is 1.31 bits per heavy atom. The van der Waals surface area contributed by atoms with Crippen LogP contribution < -0.4 is 0 Å². The second-order valence-electron chi connectivity index (χ2n) is 7.94. The standard InChI is InChI=1S/C28H20F2O4S/c29-23-11-13-27(21(15-23)17-25(31)19-7-3-1-4-8-19)35(33,34)28-14-12-24(30)16-22(28)18-26(32)20-9-5-2-6-10-20/h1-16H,17-18H2. The Balaban J connectivity index is 1.75. The smallest absolute Gasteiger partial charge is 0.207 e. The summed E-state index contributed by atoms with van der Waals surface area (Å²) in [6.07, 6.45) is -0.703. The second kappa shape index (κ2) is 10.1. The summed E-state index contributed by atoms with van der Waals surface area (Å²) in [4.78, 5) is 24.9. The first-order valence-electron chi connectivity index (χ1n) is 10.7. The highest BCUT2D eigenvalue weighted by Crippen LogP contribution is 2.29. The number of Topliss-reactive ketones (excluding diaryl/α,β-unsaturated/α-hetero) is 2. The molecule has 0 N–H and O–H groups in total. The van der Waals surface area contributed by atoms with Crippen LogP contribution in [-0.2, 0) is 22.7 Å². The van der Waals surface area contributed by atoms with E-state index < -0.39 is 21.5 Å². The van der Waals surface area contributed by atoms with Gasteiger partial charge in [-0.25, -0.2) is 17.2 Å². The number of carbonyl (C=O) groups is 2. The number of hydrogen-bond donors (Lipinski definition) is 0. The molecule has 4 aromatic carbocycles. The van der Waals surface area contributed by atoms with Crippen LogP contribution in [0.4, 0.5) is 8.78 Å². The molecule has 0 saturated heterocycles. The molecule has 0 radical (unpaired) electrons. The van der Waals surface area contributed by atoms with E-state index in [4.69, 9.17) is 0 Å². The molecule has 0 fully saturated rings. The van der Waals surface area contributed by atoms with Gasteiger partial charge in [-0.05, 0) is 47.5 Å². The lowest BCUT2D eigenvalue weighted by atomic mass is 10.0. The summed E-state index contributed by atoms with van der Waals surface area (Å²) in [5.74, 6) is -2.16. The maximum atomic E-state index is 14.1. The maximum Gasteiger partial charge on any atom is 0.207 e. The molecule has 7 heteroatoms. The molecular weight excluding hydrogens is 470 g/mol. The predicted octanol–water partition coefficient (Wildman–Crippen LogP) is 5.65. The van der Waals surface area contributed by atoms with Crippen LogP contribution in [0, 0.1) is 11.6 Å². The van der Waals surface area contributed by atoms with Gasteiger partial charge in [0.2, 0.25) is 9.84 Å². The summed E-state index contributed by atoms with van der Waals surface area (Å²) in [5, 5.41) is 0. The van der Waals surface area contributed by atoms with E-state index in [0.29, 0.717) is 11.1 Å². The quantitative estimate of drug-likeness (QED) is 0.237. The van der Waals surface area contributed by atoms with Gasteiger partial charge in [0.1, 0.15) is 11.6 Å². The van der Waals surface area contributed by atoms with Crippen molar-refractivity contribution >= 4 is 21.4 Å². The van der Waals surface area contributed by atoms with Gasteiger partial charge in [0.15, 0.2) is 11.6 Å². The number of rotatable bonds is 8. The van der Waals surface area contributed by atoms with E-state index in [-0.39, 0.29) is 45.3 Å². The van der Waals surface area contributed by atoms with E-state index in [1.54, 1.807) is 60.7 Å². The fourth-order valence-electron chi connectivity index (χ4n) is 3.81. The summed E-state index contributed by atoms with van der Waals surface area (Å²) in [7, 11) is -4.33. The molecule has 0 aromatic heterocycles. The predicted molar refractivity (Wildman–Crippen MR) is 127 cm³/mol. The third kappa shape index (κ3) is 5.41. The zero-order chi connectivity index (χ0) is 25.0. The summed E-state index contributed by atoms with van der Waals surface area (Å²) < 4.78 is 55.5. The van der Waals surface area contributed by atoms with Gasteiger partial charge in [-0.3, -0.25) is 9.59 Å². The molecule has 35 heavy (non-hydrogen) atoms. The lowest BCUT2D eigenvalue weighted by Crippen LogP contribution is -2.14. The average molecular weight is 491 g/mol. The molecule has 0 amide bonds. The molecule has 176 valence electrons. The van der Waals surface area contributed by atoms with Crippen LogP contribution in [0.3, 0.4) is 0 Å². The first kappa shape index (κ1) is 24.2. The molecule has 4 aromatic rings. The van der Waals surface area contributed by atoms with E-state index in [9.17, 15) is 26.8 Å². The minimum absolute atomic E-state index is 0.0245. The van der Waals surface area contributed by atoms with E-state index in [0.717, 1.165) is 36.4 Å². The Morgan fingerprint density at radius 1 is 0.571 bits per heavy atom. The van der Waals surface area contributed by atoms with Gasteiger partial charge in [-0.15, -0.1) is 0 Å². The minimum atomic E-state index is -4.33. The Labute approximate surface area is 201 Å². The maximum absolute atomic E-state index is 14.1. The van der Waals surface area contributed by atoms with Gasteiger partial charge in [-0.2, -0.15) is 0 Å². The highest BCUT2D eigenvalue weighted by molar-refractivity contribution is 7.91. The Kier molecular flexibility index (Phi) is 6.98. The highest BCUT2D eigenvalue weighted by atomic mass is 32.2. The Hall–Kier alpha value is -3.97. The molecule has 4 nitrogen and oxygen atoms in total. The average Bonchev–Trinajstić information content (AvgIpc) is 2.85. The molecule has 0 aliphatic carbocycles. The summed E-state index contributed by atoms with van der Waals surface area (Å²) in [6.45, 7) is 0. The highest BCUT2D eigenvalue weighted by Gasteiger charge is 2.27. The Bertz CT molecular complexity index is 1390. The van der Waals surface area contributed by atoms with Crippen molar-refractivity contribution in [1.29, 1.82) is 0 Å². The van der Waals surface area contributed by atoms with Crippen LogP contribution >= 0.6 is 0 Å². The van der Waals surface area contributed by atoms with Crippen LogP contribution in [-0.4, -0.2) is 20.0 Å². The second-order valence-corrected chi connectivity index (χ2v) is 9.83. The molecule has 0 heterocycles. The van der Waals surface area contributed by atoms with E-state index in [1.165, 1.54) is 0 Å². The molecule has 0 aliphatic heterocycles. The molecule has 0 bridgehead atoms. The number of sulfone groups is 1. The van der Waals surface area contributed by atoms with Gasteiger partial charge in [0.05, 0.1) is 9.79 Å². The van der Waals surface area contributed by atoms with Crippen LogP contribution in [0.2, 0.25) is 0 Å². The topological polar surface area (TPSA) is 68.3 Å². The normalized spacial score (nSPS) is 11.3. The molecule has 0 atom stereocenters. The number of hydrogen-bond acceptors (Lipinski definition) is 4. The number of ketones is 2. The monoisotopic (exact) mass is 490 g/mol. The van der Waals surface area contributed by atoms with Crippen molar-refractivity contribution in [2.24, 2.45) is 0 Å². The van der Waals surface area contributed by atoms with Crippen molar-refractivity contribution < 1.29 is 26.8 Å². The molecule has 4 rings (SSSR count). The van der Waals surface area contributed by atoms with Gasteiger partial charge in [-0.1, -0.05) is 60.7 Å². The lowest BCUT2D eigenvalue weighted by Gasteiger charge is -2.14. The zero-order valence-electron chi connectivity index (χ0n) is 18.4. The first-order chi connectivity index (χ1) is 16.8. The first-order valence-corrected chi connectivity index (χ1v) is 12.2. The summed E-state index contributed by atoms with van der Waals surface area (Å²) >= 11 is 0. The van der Waals surface area contributed by atoms with E-state index in [1.807, 2.05) is 0 Å². The Morgan fingerprint density at radius 2 is 0.943 bits per heavy atom. The van der Waals surface area contributed by atoms with Crippen LogP contribution in [0.25, 0.3) is 0 Å². The fraction of sp³-hybridized carbons (Fsp3) is 0.0714. The zero-order valence-corrected chi connectivity index (χ0v) is 19.3. The van der Waals surface area contributed by atoms with Crippen molar-refractivity contribution in [3.05, 3.63) is 131 Å². The summed E-state index contributed by atoms with van der Waals surface area (Å²) in [6, 6.07) is 22.7. The van der Waals surface area contributed by atoms with Gasteiger partial charge in [0.25, 0.3) is 0 Å². The summed E-state index contributed by atoms with van der Waals surface area (Å²) in [5.41, 5.74) is 0.666. The number of carbonyl (C=O) groups excluding carboxylic acids is 2. The van der Waals surface area contributed by atoms with Crippen LogP contribution in [0.5, 0.6) is 0 Å². The van der Waals surface area contributed by atoms with E-state index in [2.05, 4.69) is 0 Å². The van der Waals surface area contributed by atoms with Gasteiger partial charge >= 0.3 is 0 Å². The van der Waals surface area contributed by atoms with Gasteiger partial charge < -0.3 is 0 Å². The van der Waals surface area contributed by atoms with Crippen LogP contribution in [0.1, 0.15) is 31.8 Å². The van der Waals surface area contributed by atoms with Crippen molar-refractivity contribution in [2.45, 2.75) is 22.6 Å². The van der Waals surface area contributed by atoms with Gasteiger partial charge in [0, 0.05) is 24.0 Å². The van der Waals surface area contributed by atoms with E-state index >= 15 is 0 Å². The minimum Gasteiger partial charge on any atom is -0.294 e. The number of benzene rings is 4. The number of halogens is 2. The van der Waals surface area contributed by atoms with Crippen molar-refractivity contribution in [3.63, 3.8) is 0 Å². The third-order valence-electron chi connectivity index (χ3n) is 5.52. The SMILES string of the molecule is O=C(Cc1cc(F)ccc1S(=O)(=O)c1ccc(F)cc1CC(=O)c1ccccc1)c1ccccc1. The lowest BCUT2D eigenvalue weighted by molar-refractivity contribution is 0.0984. The van der Waals surface area contributed by atoms with Crippen molar-refractivity contribution in [3.8, 4) is 0 Å². The molecular formula is C28H20F2O4S. The molecule has 0 saturated carbocycles. The van der Waals surface area contributed by atoms with Crippen molar-refractivity contribution in [2.75, 3.05) is 0 Å². The van der Waals surface area contributed by atoms with Crippen LogP contribution in [0.15, 0.2) is 107 Å². The molecule has 0 unspecified atom stereocenters. The molecule has 0 spiro atoms.